The number of halogens is 1. The van der Waals surface area contributed by atoms with Gasteiger partial charge in [0.25, 0.3) is 0 Å². The Hall–Kier alpha value is -0.530. The minimum Gasteiger partial charge on any atom is -0.316 e. The molecule has 1 aliphatic heterocycles. The van der Waals surface area contributed by atoms with Crippen LogP contribution < -0.4 is 5.32 Å². The normalized spacial score (nSPS) is 23.1. The molecule has 14 heavy (non-hydrogen) atoms. The highest BCUT2D eigenvalue weighted by Crippen LogP contribution is 2.25. The van der Waals surface area contributed by atoms with Crippen molar-refractivity contribution >= 4 is 11.6 Å². The molecule has 1 saturated heterocycles. The molecule has 0 saturated carbocycles. The smallest absolute Gasteiger partial charge is 0.0408 e. The number of hydrogen-bond acceptors (Lipinski definition) is 1. The topological polar surface area (TPSA) is 12.0 Å². The van der Waals surface area contributed by atoms with E-state index < -0.39 is 0 Å². The minimum atomic E-state index is 0.649. The maximum atomic E-state index is 5.98. The third kappa shape index (κ3) is 2.49. The lowest BCUT2D eigenvalue weighted by Gasteiger charge is -2.14. The van der Waals surface area contributed by atoms with Gasteiger partial charge >= 0.3 is 0 Å². The van der Waals surface area contributed by atoms with Crippen molar-refractivity contribution in [1.29, 1.82) is 0 Å². The van der Waals surface area contributed by atoms with Crippen molar-refractivity contribution in [2.75, 3.05) is 13.1 Å². The molecule has 2 rings (SSSR count). The lowest BCUT2D eigenvalue weighted by atomic mass is 9.95. The van der Waals surface area contributed by atoms with Gasteiger partial charge in [0.15, 0.2) is 0 Å². The Morgan fingerprint density at radius 1 is 1.29 bits per heavy atom. The fraction of sp³-hybridized carbons (Fsp3) is 0.500. The molecule has 0 spiro atoms. The quantitative estimate of drug-likeness (QED) is 0.749. The van der Waals surface area contributed by atoms with Gasteiger partial charge in [-0.05, 0) is 43.0 Å². The molecule has 0 radical (unpaired) electrons. The summed E-state index contributed by atoms with van der Waals surface area (Å²) in [4.78, 5) is 0. The highest BCUT2D eigenvalue weighted by atomic mass is 35.5. The second kappa shape index (κ2) is 4.81. The van der Waals surface area contributed by atoms with Gasteiger partial charge in [0.05, 0.1) is 0 Å². The molecular formula is C12H16ClN. The molecule has 0 aromatic heterocycles. The SMILES string of the molecule is Clc1cccc([C@@H]2CCCCNC2)c1. The minimum absolute atomic E-state index is 0.649. The van der Waals surface area contributed by atoms with Gasteiger partial charge in [-0.3, -0.25) is 0 Å². The number of nitrogens with one attached hydrogen (secondary N) is 1. The zero-order valence-electron chi connectivity index (χ0n) is 8.30. The summed E-state index contributed by atoms with van der Waals surface area (Å²) in [6, 6.07) is 8.26. The molecular weight excluding hydrogens is 194 g/mol. The standard InChI is InChI=1S/C12H16ClN/c13-12-6-3-5-10(8-12)11-4-1-2-7-14-9-11/h3,5-6,8,11,14H,1-2,4,7,9H2/t11-/m1/s1. The van der Waals surface area contributed by atoms with Crippen molar-refractivity contribution in [3.63, 3.8) is 0 Å². The Labute approximate surface area is 90.5 Å². The second-order valence-electron chi connectivity index (χ2n) is 3.95. The first-order chi connectivity index (χ1) is 6.86. The van der Waals surface area contributed by atoms with Gasteiger partial charge in [-0.2, -0.15) is 0 Å². The van der Waals surface area contributed by atoms with E-state index in [2.05, 4.69) is 17.4 Å². The average molecular weight is 210 g/mol. The zero-order chi connectivity index (χ0) is 9.80. The Morgan fingerprint density at radius 2 is 2.21 bits per heavy atom. The Bertz CT molecular complexity index is 290. The van der Waals surface area contributed by atoms with Gasteiger partial charge in [-0.1, -0.05) is 30.2 Å². The molecule has 1 heterocycles. The van der Waals surface area contributed by atoms with Crippen LogP contribution >= 0.6 is 11.6 Å². The van der Waals surface area contributed by atoms with Gasteiger partial charge in [-0.25, -0.2) is 0 Å². The monoisotopic (exact) mass is 209 g/mol. The van der Waals surface area contributed by atoms with Crippen LogP contribution in [0.25, 0.3) is 0 Å². The fourth-order valence-corrected chi connectivity index (χ4v) is 2.26. The van der Waals surface area contributed by atoms with Gasteiger partial charge in [0, 0.05) is 11.6 Å². The summed E-state index contributed by atoms with van der Waals surface area (Å²) in [5, 5.41) is 4.33. The fourth-order valence-electron chi connectivity index (χ4n) is 2.06. The summed E-state index contributed by atoms with van der Waals surface area (Å²) >= 11 is 5.98. The Morgan fingerprint density at radius 3 is 3.07 bits per heavy atom. The van der Waals surface area contributed by atoms with Crippen molar-refractivity contribution in [3.8, 4) is 0 Å². The molecule has 1 nitrogen and oxygen atoms in total. The van der Waals surface area contributed by atoms with Crippen LogP contribution in [-0.2, 0) is 0 Å². The van der Waals surface area contributed by atoms with E-state index in [1.54, 1.807) is 0 Å². The zero-order valence-corrected chi connectivity index (χ0v) is 9.06. The third-order valence-electron chi connectivity index (χ3n) is 2.87. The maximum Gasteiger partial charge on any atom is 0.0408 e. The van der Waals surface area contributed by atoms with E-state index in [1.165, 1.54) is 24.8 Å². The summed E-state index contributed by atoms with van der Waals surface area (Å²) in [6.07, 6.45) is 3.91. The molecule has 0 bridgehead atoms. The highest BCUT2D eigenvalue weighted by Gasteiger charge is 2.13. The molecule has 1 N–H and O–H groups in total. The van der Waals surface area contributed by atoms with Crippen LogP contribution in [0.5, 0.6) is 0 Å². The van der Waals surface area contributed by atoms with Crippen LogP contribution in [0.4, 0.5) is 0 Å². The van der Waals surface area contributed by atoms with Crippen molar-refractivity contribution in [1.82, 2.24) is 5.32 Å². The van der Waals surface area contributed by atoms with Crippen LogP contribution in [0.15, 0.2) is 24.3 Å². The predicted molar refractivity (Wildman–Crippen MR) is 60.9 cm³/mol. The first-order valence-corrected chi connectivity index (χ1v) is 5.70. The van der Waals surface area contributed by atoms with Crippen LogP contribution in [0.3, 0.4) is 0 Å². The van der Waals surface area contributed by atoms with Gasteiger partial charge in [0.2, 0.25) is 0 Å². The van der Waals surface area contributed by atoms with E-state index in [9.17, 15) is 0 Å². The molecule has 76 valence electrons. The lowest BCUT2D eigenvalue weighted by Crippen LogP contribution is -2.19. The first kappa shape index (κ1) is 10.0. The van der Waals surface area contributed by atoms with Crippen LogP contribution in [0.2, 0.25) is 5.02 Å². The van der Waals surface area contributed by atoms with Crippen molar-refractivity contribution in [3.05, 3.63) is 34.9 Å². The van der Waals surface area contributed by atoms with Crippen molar-refractivity contribution < 1.29 is 0 Å². The van der Waals surface area contributed by atoms with E-state index in [1.807, 2.05) is 12.1 Å². The van der Waals surface area contributed by atoms with E-state index >= 15 is 0 Å². The largest absolute Gasteiger partial charge is 0.316 e. The summed E-state index contributed by atoms with van der Waals surface area (Å²) in [7, 11) is 0. The van der Waals surface area contributed by atoms with Gasteiger partial charge < -0.3 is 5.32 Å². The molecule has 0 amide bonds. The van der Waals surface area contributed by atoms with Crippen molar-refractivity contribution in [2.24, 2.45) is 0 Å². The van der Waals surface area contributed by atoms with Crippen LogP contribution in [-0.4, -0.2) is 13.1 Å². The highest BCUT2D eigenvalue weighted by molar-refractivity contribution is 6.30. The molecule has 2 heteroatoms. The molecule has 0 unspecified atom stereocenters. The van der Waals surface area contributed by atoms with Gasteiger partial charge in [0.1, 0.15) is 0 Å². The molecule has 1 atom stereocenters. The van der Waals surface area contributed by atoms with Crippen LogP contribution in [0.1, 0.15) is 30.7 Å². The molecule has 1 aliphatic rings. The van der Waals surface area contributed by atoms with E-state index in [0.717, 1.165) is 18.1 Å². The average Bonchev–Trinajstić information content (AvgIpc) is 2.45. The lowest BCUT2D eigenvalue weighted by molar-refractivity contribution is 0.610. The molecule has 1 aromatic carbocycles. The number of rotatable bonds is 1. The summed E-state index contributed by atoms with van der Waals surface area (Å²) in [5.41, 5.74) is 1.38. The first-order valence-electron chi connectivity index (χ1n) is 5.32. The van der Waals surface area contributed by atoms with Gasteiger partial charge in [-0.15, -0.1) is 0 Å². The predicted octanol–water partition coefficient (Wildman–Crippen LogP) is 3.20. The third-order valence-corrected chi connectivity index (χ3v) is 3.10. The summed E-state index contributed by atoms with van der Waals surface area (Å²) in [6.45, 7) is 2.26. The molecule has 1 fully saturated rings. The summed E-state index contributed by atoms with van der Waals surface area (Å²) < 4.78 is 0. The summed E-state index contributed by atoms with van der Waals surface area (Å²) in [5.74, 6) is 0.649. The molecule has 1 aromatic rings. The van der Waals surface area contributed by atoms with Crippen LogP contribution in [0, 0.1) is 0 Å². The Kier molecular flexibility index (Phi) is 3.44. The number of benzene rings is 1. The van der Waals surface area contributed by atoms with E-state index in [4.69, 9.17) is 11.6 Å². The second-order valence-corrected chi connectivity index (χ2v) is 4.39. The van der Waals surface area contributed by atoms with E-state index in [-0.39, 0.29) is 0 Å². The van der Waals surface area contributed by atoms with Crippen molar-refractivity contribution in [2.45, 2.75) is 25.2 Å². The maximum absolute atomic E-state index is 5.98. The van der Waals surface area contributed by atoms with E-state index in [0.29, 0.717) is 5.92 Å². The number of hydrogen-bond donors (Lipinski definition) is 1. The molecule has 0 aliphatic carbocycles. The Balaban J connectivity index is 2.12.